The number of hydrogen-bond donors (Lipinski definition) is 0. The Morgan fingerprint density at radius 2 is 1.10 bits per heavy atom. The van der Waals surface area contributed by atoms with Crippen LogP contribution in [-0.2, 0) is 40.6 Å². The quantitative estimate of drug-likeness (QED) is 0.498. The number of aromatic carboxylic acids is 2. The van der Waals surface area contributed by atoms with Crippen LogP contribution in [-0.4, -0.2) is 21.9 Å². The van der Waals surface area contributed by atoms with Crippen LogP contribution in [0.2, 0.25) is 0 Å². The SMILES string of the molecule is CCCCc1ccc(C(=O)[O-])nc1.CCCCc1ccc(C(=O)[O-])nc1.[Co+2].[OH3+].[OH3+]. The molecule has 0 bridgehead atoms. The topological polar surface area (TPSA) is 172 Å². The number of unbranched alkanes of at least 4 members (excludes halogenated alkanes) is 2. The average Bonchev–Trinajstić information content (AvgIpc) is 2.66. The Balaban J connectivity index is -0.000000422. The number of nitrogens with zero attached hydrogens (tertiary/aromatic N) is 2. The van der Waals surface area contributed by atoms with Crippen LogP contribution >= 0.6 is 0 Å². The summed E-state index contributed by atoms with van der Waals surface area (Å²) in [4.78, 5) is 28.2. The Kier molecular flexibility index (Phi) is 19.2. The standard InChI is InChI=1S/2C10H13NO2.Co.2H2O/c2*1-2-3-4-8-5-6-9(10(12)13)11-7-8;;;/h2*5-7H,2-4H2,1H3,(H,12,13);;2*1H2/q;;+2;;. The second-order valence-electron chi connectivity index (χ2n) is 5.89. The first kappa shape index (κ1) is 31.4. The van der Waals surface area contributed by atoms with E-state index in [4.69, 9.17) is 0 Å². The molecule has 0 atom stereocenters. The van der Waals surface area contributed by atoms with Gasteiger partial charge in [0, 0.05) is 12.4 Å². The third kappa shape index (κ3) is 12.7. The maximum Gasteiger partial charge on any atom is 2.00 e. The Bertz CT molecular complexity index is 632. The van der Waals surface area contributed by atoms with Crippen molar-refractivity contribution in [1.29, 1.82) is 0 Å². The number of hydrogen-bond acceptors (Lipinski definition) is 6. The van der Waals surface area contributed by atoms with Gasteiger partial charge in [-0.15, -0.1) is 0 Å². The molecule has 2 aromatic heterocycles. The largest absolute Gasteiger partial charge is 2.00 e. The molecule has 0 spiro atoms. The van der Waals surface area contributed by atoms with E-state index < -0.39 is 11.9 Å². The molecule has 2 heterocycles. The number of carbonyl (C=O) groups is 2. The molecule has 163 valence electrons. The van der Waals surface area contributed by atoms with Gasteiger partial charge in [0.1, 0.15) is 0 Å². The van der Waals surface area contributed by atoms with Gasteiger partial charge in [-0.3, -0.25) is 9.97 Å². The van der Waals surface area contributed by atoms with E-state index in [9.17, 15) is 19.8 Å². The number of carboxylic acids is 2. The predicted molar refractivity (Wildman–Crippen MR) is 104 cm³/mol. The van der Waals surface area contributed by atoms with Gasteiger partial charge >= 0.3 is 16.8 Å². The van der Waals surface area contributed by atoms with Gasteiger partial charge in [0.25, 0.3) is 0 Å². The molecule has 0 aliphatic carbocycles. The number of aryl methyl sites for hydroxylation is 2. The van der Waals surface area contributed by atoms with E-state index in [0.29, 0.717) is 0 Å². The van der Waals surface area contributed by atoms with Gasteiger partial charge in [-0.05, 0) is 48.9 Å². The van der Waals surface area contributed by atoms with Gasteiger partial charge in [-0.1, -0.05) is 38.8 Å². The zero-order chi connectivity index (χ0) is 19.4. The Morgan fingerprint density at radius 3 is 1.31 bits per heavy atom. The Hall–Kier alpha value is -2.33. The minimum Gasteiger partial charge on any atom is -0.543 e. The maximum absolute atomic E-state index is 10.4. The molecule has 0 aromatic carbocycles. The summed E-state index contributed by atoms with van der Waals surface area (Å²) in [6.07, 6.45) is 9.57. The van der Waals surface area contributed by atoms with Crippen molar-refractivity contribution in [3.8, 4) is 0 Å². The summed E-state index contributed by atoms with van der Waals surface area (Å²) in [5, 5.41) is 20.7. The second kappa shape index (κ2) is 17.7. The van der Waals surface area contributed by atoms with Gasteiger partial charge < -0.3 is 30.8 Å². The molecule has 0 aliphatic heterocycles. The van der Waals surface area contributed by atoms with Crippen LogP contribution in [0.4, 0.5) is 0 Å². The van der Waals surface area contributed by atoms with E-state index in [2.05, 4.69) is 23.8 Å². The molecule has 1 radical (unpaired) electrons. The molecule has 8 nitrogen and oxygen atoms in total. The summed E-state index contributed by atoms with van der Waals surface area (Å²) in [6.45, 7) is 4.23. The fourth-order valence-corrected chi connectivity index (χ4v) is 2.15. The van der Waals surface area contributed by atoms with E-state index in [1.165, 1.54) is 12.1 Å². The minimum atomic E-state index is -1.22. The van der Waals surface area contributed by atoms with Crippen molar-refractivity contribution in [3.63, 3.8) is 0 Å². The first-order chi connectivity index (χ1) is 12.5. The van der Waals surface area contributed by atoms with Crippen LogP contribution in [0, 0.1) is 0 Å². The average molecular weight is 453 g/mol. The fraction of sp³-hybridized carbons (Fsp3) is 0.400. The van der Waals surface area contributed by atoms with Gasteiger partial charge in [-0.25, -0.2) is 0 Å². The van der Waals surface area contributed by atoms with Crippen molar-refractivity contribution in [3.05, 3.63) is 59.2 Å². The zero-order valence-electron chi connectivity index (χ0n) is 16.7. The molecule has 29 heavy (non-hydrogen) atoms. The molecule has 2 rings (SSSR count). The third-order valence-corrected chi connectivity index (χ3v) is 3.71. The van der Waals surface area contributed by atoms with Crippen LogP contribution in [0.5, 0.6) is 0 Å². The van der Waals surface area contributed by atoms with Gasteiger partial charge in [0.2, 0.25) is 0 Å². The molecular weight excluding hydrogens is 423 g/mol. The van der Waals surface area contributed by atoms with Crippen molar-refractivity contribution in [1.82, 2.24) is 9.97 Å². The summed E-state index contributed by atoms with van der Waals surface area (Å²) < 4.78 is 0. The molecule has 0 unspecified atom stereocenters. The molecule has 0 fully saturated rings. The molecule has 0 amide bonds. The fourth-order valence-electron chi connectivity index (χ4n) is 2.15. The monoisotopic (exact) mass is 453 g/mol. The Morgan fingerprint density at radius 1 is 0.759 bits per heavy atom. The zero-order valence-corrected chi connectivity index (χ0v) is 17.8. The van der Waals surface area contributed by atoms with E-state index >= 15 is 0 Å². The van der Waals surface area contributed by atoms with Crippen LogP contribution in [0.15, 0.2) is 36.7 Å². The van der Waals surface area contributed by atoms with Crippen molar-refractivity contribution < 1.29 is 47.5 Å². The Labute approximate surface area is 181 Å². The van der Waals surface area contributed by atoms with Crippen molar-refractivity contribution >= 4 is 11.9 Å². The number of aromatic nitrogens is 2. The van der Waals surface area contributed by atoms with Gasteiger partial charge in [0.05, 0.1) is 23.3 Å². The van der Waals surface area contributed by atoms with E-state index in [1.54, 1.807) is 24.5 Å². The predicted octanol–water partition coefficient (Wildman–Crippen LogP) is -0.271. The van der Waals surface area contributed by atoms with E-state index in [-0.39, 0.29) is 39.1 Å². The first-order valence-electron chi connectivity index (χ1n) is 8.80. The normalized spacial score (nSPS) is 8.90. The summed E-state index contributed by atoms with van der Waals surface area (Å²) in [7, 11) is 0. The van der Waals surface area contributed by atoms with Gasteiger partial charge in [0.15, 0.2) is 0 Å². The number of rotatable bonds is 8. The van der Waals surface area contributed by atoms with Crippen LogP contribution in [0.1, 0.15) is 71.6 Å². The number of carboxylic acid groups (broad SMARTS) is 2. The van der Waals surface area contributed by atoms with Crippen LogP contribution in [0.3, 0.4) is 0 Å². The van der Waals surface area contributed by atoms with Crippen molar-refractivity contribution in [2.24, 2.45) is 0 Å². The van der Waals surface area contributed by atoms with Crippen LogP contribution < -0.4 is 10.2 Å². The third-order valence-electron chi connectivity index (χ3n) is 3.71. The number of pyridine rings is 2. The van der Waals surface area contributed by atoms with Crippen LogP contribution in [0.25, 0.3) is 0 Å². The summed E-state index contributed by atoms with van der Waals surface area (Å²) in [5.41, 5.74) is 2.15. The maximum atomic E-state index is 10.4. The molecule has 0 saturated carbocycles. The van der Waals surface area contributed by atoms with Gasteiger partial charge in [-0.2, -0.15) is 0 Å². The molecule has 2 aromatic rings. The molecule has 0 saturated heterocycles. The van der Waals surface area contributed by atoms with E-state index in [0.717, 1.165) is 49.7 Å². The van der Waals surface area contributed by atoms with E-state index in [1.807, 2.05) is 0 Å². The molecule has 6 N–H and O–H groups in total. The molecular formula is C20H30CoN2O6+2. The smallest absolute Gasteiger partial charge is 0.543 e. The number of carbonyl (C=O) groups excluding carboxylic acids is 2. The second-order valence-corrected chi connectivity index (χ2v) is 5.89. The minimum absolute atomic E-state index is 0. The first-order valence-corrected chi connectivity index (χ1v) is 8.80. The summed E-state index contributed by atoms with van der Waals surface area (Å²) in [6, 6.07) is 6.54. The van der Waals surface area contributed by atoms with Crippen molar-refractivity contribution in [2.45, 2.75) is 52.4 Å². The molecule has 9 heteroatoms. The van der Waals surface area contributed by atoms with Crippen molar-refractivity contribution in [2.75, 3.05) is 0 Å². The summed E-state index contributed by atoms with van der Waals surface area (Å²) in [5.74, 6) is -2.44. The summed E-state index contributed by atoms with van der Waals surface area (Å²) >= 11 is 0. The molecule has 0 aliphatic rings.